The van der Waals surface area contributed by atoms with Gasteiger partial charge in [0.1, 0.15) is 0 Å². The summed E-state index contributed by atoms with van der Waals surface area (Å²) in [5.74, 6) is 0.527. The van der Waals surface area contributed by atoms with Gasteiger partial charge >= 0.3 is 5.70 Å². The summed E-state index contributed by atoms with van der Waals surface area (Å²) < 4.78 is 0. The van der Waals surface area contributed by atoms with Gasteiger partial charge in [0.15, 0.2) is 10.7 Å². The molecule has 0 heterocycles. The van der Waals surface area contributed by atoms with Crippen molar-refractivity contribution >= 4 is 0 Å². The molecule has 13 heavy (non-hydrogen) atoms. The highest BCUT2D eigenvalue weighted by Crippen LogP contribution is 2.67. The molecule has 0 radical (unpaired) electrons. The van der Waals surface area contributed by atoms with E-state index in [9.17, 15) is 5.11 Å². The van der Waals surface area contributed by atoms with Gasteiger partial charge in [0.25, 0.3) is 0 Å². The van der Waals surface area contributed by atoms with Crippen LogP contribution in [0.25, 0.3) is 4.98 Å². The van der Waals surface area contributed by atoms with Crippen LogP contribution in [0.2, 0.25) is 0 Å². The summed E-state index contributed by atoms with van der Waals surface area (Å²) in [6.07, 6.45) is 2.02. The molecule has 1 saturated carbocycles. The highest BCUT2D eigenvalue weighted by atomic mass is 16.3. The van der Waals surface area contributed by atoms with Crippen LogP contribution in [0.1, 0.15) is 33.6 Å². The normalized spacial score (nSPS) is 40.9. The minimum atomic E-state index is -0.181. The van der Waals surface area contributed by atoms with Crippen LogP contribution < -0.4 is 0 Å². The van der Waals surface area contributed by atoms with Crippen LogP contribution in [-0.4, -0.2) is 5.11 Å². The van der Waals surface area contributed by atoms with E-state index in [2.05, 4.69) is 25.7 Å². The Labute approximate surface area is 78.1 Å². The van der Waals surface area contributed by atoms with Gasteiger partial charge in [-0.1, -0.05) is 20.8 Å². The largest absolute Gasteiger partial charge is 0.505 e. The van der Waals surface area contributed by atoms with Gasteiger partial charge in [-0.2, -0.15) is 0 Å². The number of fused-ring (bicyclic) bond motifs is 2. The second kappa shape index (κ2) is 2.06. The molecular formula is C10H15N2O+. The van der Waals surface area contributed by atoms with Gasteiger partial charge in [0, 0.05) is 5.41 Å². The molecule has 3 nitrogen and oxygen atoms in total. The quantitative estimate of drug-likeness (QED) is 0.581. The monoisotopic (exact) mass is 179 g/mol. The third-order valence-electron chi connectivity index (χ3n) is 4.43. The molecule has 0 unspecified atom stereocenters. The lowest BCUT2D eigenvalue weighted by atomic mass is 9.70. The number of rotatable bonds is 0. The predicted molar refractivity (Wildman–Crippen MR) is 49.4 cm³/mol. The lowest BCUT2D eigenvalue weighted by Crippen LogP contribution is -2.29. The molecule has 0 aromatic rings. The Bertz CT molecular complexity index is 337. The van der Waals surface area contributed by atoms with Gasteiger partial charge in [-0.05, 0) is 18.3 Å². The molecule has 0 amide bonds. The van der Waals surface area contributed by atoms with Crippen molar-refractivity contribution in [2.75, 3.05) is 0 Å². The number of aliphatic hydroxyl groups excluding tert-OH is 1. The maximum absolute atomic E-state index is 9.90. The minimum Gasteiger partial charge on any atom is -0.505 e. The number of diazo groups is 1. The molecule has 2 aliphatic rings. The van der Waals surface area contributed by atoms with Gasteiger partial charge < -0.3 is 5.11 Å². The minimum absolute atomic E-state index is 0.0264. The summed E-state index contributed by atoms with van der Waals surface area (Å²) in [6, 6.07) is 0. The smallest absolute Gasteiger partial charge is 0.402 e. The van der Waals surface area contributed by atoms with Crippen molar-refractivity contribution < 1.29 is 5.11 Å². The van der Waals surface area contributed by atoms with Crippen molar-refractivity contribution in [3.05, 3.63) is 16.4 Å². The van der Waals surface area contributed by atoms with Crippen molar-refractivity contribution in [3.8, 4) is 0 Å². The Balaban J connectivity index is 2.60. The van der Waals surface area contributed by atoms with Crippen molar-refractivity contribution in [1.82, 2.24) is 0 Å². The zero-order chi connectivity index (χ0) is 9.85. The van der Waals surface area contributed by atoms with Crippen LogP contribution >= 0.6 is 0 Å². The summed E-state index contributed by atoms with van der Waals surface area (Å²) >= 11 is 0. The van der Waals surface area contributed by atoms with Crippen molar-refractivity contribution in [2.45, 2.75) is 33.6 Å². The standard InChI is InChI=1S/C10H14N2O/c1-9(2)6-4-5-10(9,3)8(13)7(6)12-11/h6H,4-5H2,1-3H3/p+1/t6-,10+/m1/s1. The van der Waals surface area contributed by atoms with E-state index < -0.39 is 0 Å². The zero-order valence-corrected chi connectivity index (χ0v) is 8.33. The molecule has 0 aromatic heterocycles. The van der Waals surface area contributed by atoms with E-state index in [1.165, 1.54) is 0 Å². The average Bonchev–Trinajstić information content (AvgIpc) is 2.36. The van der Waals surface area contributed by atoms with Crippen molar-refractivity contribution in [1.29, 1.82) is 5.39 Å². The maximum atomic E-state index is 9.90. The number of allylic oxidation sites excluding steroid dienone is 2. The topological polar surface area (TPSA) is 48.4 Å². The number of hydrogen-bond donors (Lipinski definition) is 1. The van der Waals surface area contributed by atoms with Crippen molar-refractivity contribution in [3.63, 3.8) is 0 Å². The van der Waals surface area contributed by atoms with Crippen LogP contribution in [0.4, 0.5) is 0 Å². The number of hydrogen-bond acceptors (Lipinski definition) is 2. The molecule has 70 valence electrons. The fourth-order valence-corrected chi connectivity index (χ4v) is 2.97. The van der Waals surface area contributed by atoms with E-state index in [0.717, 1.165) is 12.8 Å². The van der Waals surface area contributed by atoms with Gasteiger partial charge in [-0.25, -0.2) is 0 Å². The molecule has 0 aliphatic heterocycles. The molecule has 2 rings (SSSR count). The van der Waals surface area contributed by atoms with Crippen LogP contribution in [0.15, 0.2) is 11.5 Å². The SMILES string of the molecule is CC1(C)[C@@H]2CC[C@@]1(C)C(O)=C2[N+]#N. The number of nitrogens with zero attached hydrogens (tertiary/aromatic N) is 2. The molecule has 0 saturated heterocycles. The summed E-state index contributed by atoms with van der Waals surface area (Å²) in [5, 5.41) is 18.7. The lowest BCUT2D eigenvalue weighted by Gasteiger charge is -2.33. The molecule has 2 aliphatic carbocycles. The first kappa shape index (κ1) is 8.55. The first-order valence-corrected chi connectivity index (χ1v) is 4.74. The third-order valence-corrected chi connectivity index (χ3v) is 4.43. The highest BCUT2D eigenvalue weighted by Gasteiger charge is 2.67. The fourth-order valence-electron chi connectivity index (χ4n) is 2.97. The molecule has 0 spiro atoms. The van der Waals surface area contributed by atoms with E-state index in [4.69, 9.17) is 5.39 Å². The molecule has 3 heteroatoms. The van der Waals surface area contributed by atoms with Gasteiger partial charge in [-0.3, -0.25) is 0 Å². The first-order chi connectivity index (χ1) is 5.95. The van der Waals surface area contributed by atoms with Crippen molar-refractivity contribution in [2.24, 2.45) is 16.7 Å². The Morgan fingerprint density at radius 3 is 2.38 bits per heavy atom. The maximum Gasteiger partial charge on any atom is 0.402 e. The summed E-state index contributed by atoms with van der Waals surface area (Å²) in [6.45, 7) is 6.33. The average molecular weight is 179 g/mol. The fraction of sp³-hybridized carbons (Fsp3) is 0.800. The Morgan fingerprint density at radius 2 is 2.08 bits per heavy atom. The van der Waals surface area contributed by atoms with Crippen LogP contribution in [0.5, 0.6) is 0 Å². The van der Waals surface area contributed by atoms with E-state index in [-0.39, 0.29) is 16.7 Å². The molecule has 1 N–H and O–H groups in total. The second-order valence-corrected chi connectivity index (χ2v) is 4.98. The van der Waals surface area contributed by atoms with E-state index in [0.29, 0.717) is 11.5 Å². The Morgan fingerprint density at radius 1 is 1.46 bits per heavy atom. The molecule has 0 aromatic carbocycles. The van der Waals surface area contributed by atoms with E-state index in [1.54, 1.807) is 0 Å². The Kier molecular flexibility index (Phi) is 1.36. The summed E-state index contributed by atoms with van der Waals surface area (Å²) in [7, 11) is 0. The summed E-state index contributed by atoms with van der Waals surface area (Å²) in [4.78, 5) is 3.22. The van der Waals surface area contributed by atoms with E-state index >= 15 is 0 Å². The van der Waals surface area contributed by atoms with Gasteiger partial charge in [0.2, 0.25) is 5.39 Å². The highest BCUT2D eigenvalue weighted by molar-refractivity contribution is 5.37. The second-order valence-electron chi connectivity index (χ2n) is 4.98. The first-order valence-electron chi connectivity index (χ1n) is 4.74. The predicted octanol–water partition coefficient (Wildman–Crippen LogP) is 3.07. The zero-order valence-electron chi connectivity index (χ0n) is 8.33. The van der Waals surface area contributed by atoms with Crippen LogP contribution in [0, 0.1) is 22.1 Å². The van der Waals surface area contributed by atoms with E-state index in [1.807, 2.05) is 0 Å². The van der Waals surface area contributed by atoms with Crippen LogP contribution in [0.3, 0.4) is 0 Å². The third kappa shape index (κ3) is 0.680. The Hall–Kier alpha value is -1.04. The van der Waals surface area contributed by atoms with Gasteiger partial charge in [-0.15, -0.1) is 0 Å². The van der Waals surface area contributed by atoms with Gasteiger partial charge in [0.05, 0.1) is 5.92 Å². The molecule has 2 atom stereocenters. The molecular weight excluding hydrogens is 164 g/mol. The number of aliphatic hydroxyl groups is 1. The molecule has 2 bridgehead atoms. The van der Waals surface area contributed by atoms with Crippen LogP contribution in [-0.2, 0) is 0 Å². The molecule has 1 fully saturated rings. The lowest BCUT2D eigenvalue weighted by molar-refractivity contribution is 0.123. The summed E-state index contributed by atoms with van der Waals surface area (Å²) in [5.41, 5.74) is 0.358.